The molecule has 67 heavy (non-hydrogen) atoms. The van der Waals surface area contributed by atoms with Crippen molar-refractivity contribution in [3.05, 3.63) is 112 Å². The van der Waals surface area contributed by atoms with Crippen LogP contribution in [0.3, 0.4) is 0 Å². The Bertz CT molecular complexity index is 2650. The number of aryl methyl sites for hydroxylation is 1. The van der Waals surface area contributed by atoms with Crippen LogP contribution < -0.4 is 20.1 Å². The lowest BCUT2D eigenvalue weighted by atomic mass is 9.85. The maximum absolute atomic E-state index is 14.1. The van der Waals surface area contributed by atoms with Crippen LogP contribution in [0, 0.1) is 12.3 Å². The SMILES string of the molecule is Cc1ncsc1-c1ccc([C@H](C)NC(=O)[C@@H]2C[C@@H](O)CN2C(=O)[C@@H](NC(=O)COCCOCCOc2cccc(-c3n[nH]c4ccc(O[C@H](C)c5c(Cl)cncc5Cl)cc34)c2)C(C)(C)C)cc1. The van der Waals surface area contributed by atoms with Gasteiger partial charge in [-0.1, -0.05) is 80.4 Å². The third-order valence-electron chi connectivity index (χ3n) is 11.4. The zero-order chi connectivity index (χ0) is 47.8. The van der Waals surface area contributed by atoms with E-state index < -0.39 is 41.5 Å². The average Bonchev–Trinajstić information content (AvgIpc) is 4.04. The van der Waals surface area contributed by atoms with Crippen LogP contribution in [0.25, 0.3) is 32.6 Å². The van der Waals surface area contributed by atoms with Crippen molar-refractivity contribution >= 4 is 63.2 Å². The van der Waals surface area contributed by atoms with Gasteiger partial charge in [0.2, 0.25) is 17.7 Å². The number of pyridine rings is 1. The van der Waals surface area contributed by atoms with Gasteiger partial charge in [0.25, 0.3) is 0 Å². The lowest BCUT2D eigenvalue weighted by Crippen LogP contribution is -2.58. The summed E-state index contributed by atoms with van der Waals surface area (Å²) >= 11 is 14.3. The summed E-state index contributed by atoms with van der Waals surface area (Å²) in [6.07, 6.45) is 1.84. The van der Waals surface area contributed by atoms with Crippen molar-refractivity contribution in [2.75, 3.05) is 39.6 Å². The molecule has 7 rings (SSSR count). The summed E-state index contributed by atoms with van der Waals surface area (Å²) in [5.41, 5.74) is 7.05. The van der Waals surface area contributed by atoms with Crippen LogP contribution in [0.15, 0.2) is 84.6 Å². The number of aromatic nitrogens is 4. The van der Waals surface area contributed by atoms with E-state index in [1.165, 1.54) is 17.3 Å². The quantitative estimate of drug-likeness (QED) is 0.0572. The minimum absolute atomic E-state index is 0.0290. The predicted octanol–water partition coefficient (Wildman–Crippen LogP) is 8.29. The number of thiazole rings is 1. The van der Waals surface area contributed by atoms with Gasteiger partial charge in [-0.2, -0.15) is 5.10 Å². The number of amides is 3. The van der Waals surface area contributed by atoms with E-state index in [4.69, 9.17) is 42.1 Å². The molecule has 0 aliphatic carbocycles. The van der Waals surface area contributed by atoms with Gasteiger partial charge < -0.3 is 39.6 Å². The first-order valence-electron chi connectivity index (χ1n) is 22.0. The summed E-state index contributed by atoms with van der Waals surface area (Å²) in [5.74, 6) is -0.0802. The van der Waals surface area contributed by atoms with E-state index in [1.807, 2.05) is 114 Å². The minimum Gasteiger partial charge on any atom is -0.491 e. The molecule has 15 nitrogen and oxygen atoms in total. The maximum atomic E-state index is 14.1. The third kappa shape index (κ3) is 12.3. The van der Waals surface area contributed by atoms with Crippen LogP contribution in [0.4, 0.5) is 0 Å². The molecule has 1 saturated heterocycles. The third-order valence-corrected chi connectivity index (χ3v) is 13.0. The van der Waals surface area contributed by atoms with E-state index in [0.717, 1.165) is 43.9 Å². The van der Waals surface area contributed by atoms with Gasteiger partial charge in [-0.05, 0) is 67.6 Å². The number of aromatic amines is 1. The van der Waals surface area contributed by atoms with Crippen molar-refractivity contribution in [3.8, 4) is 33.2 Å². The number of H-pyrrole nitrogens is 1. The Kier molecular flexibility index (Phi) is 16.2. The molecule has 1 fully saturated rings. The molecule has 4 N–H and O–H groups in total. The Hall–Kier alpha value is -5.62. The number of rotatable bonds is 19. The zero-order valence-electron chi connectivity index (χ0n) is 38.2. The Labute approximate surface area is 403 Å². The second kappa shape index (κ2) is 22.0. The predicted molar refractivity (Wildman–Crippen MR) is 258 cm³/mol. The topological polar surface area (TPSA) is 190 Å². The van der Waals surface area contributed by atoms with Crippen molar-refractivity contribution in [2.45, 2.75) is 78.3 Å². The van der Waals surface area contributed by atoms with Crippen LogP contribution in [0.2, 0.25) is 10.0 Å². The van der Waals surface area contributed by atoms with Gasteiger partial charge in [0.1, 0.15) is 48.6 Å². The molecular formula is C49H55Cl2N7O8S. The first kappa shape index (κ1) is 49.3. The number of benzene rings is 3. The number of nitrogens with zero attached hydrogens (tertiary/aromatic N) is 4. The van der Waals surface area contributed by atoms with E-state index in [9.17, 15) is 19.5 Å². The molecular weight excluding hydrogens is 918 g/mol. The molecule has 0 unspecified atom stereocenters. The highest BCUT2D eigenvalue weighted by Crippen LogP contribution is 2.36. The fourth-order valence-electron chi connectivity index (χ4n) is 7.91. The summed E-state index contributed by atoms with van der Waals surface area (Å²) in [6.45, 7) is 11.7. The Morgan fingerprint density at radius 1 is 0.925 bits per heavy atom. The number of halogens is 2. The molecule has 6 aromatic rings. The highest BCUT2D eigenvalue weighted by atomic mass is 35.5. The van der Waals surface area contributed by atoms with Crippen molar-refractivity contribution in [1.82, 2.24) is 35.7 Å². The molecule has 5 atom stereocenters. The van der Waals surface area contributed by atoms with E-state index >= 15 is 0 Å². The second-order valence-corrected chi connectivity index (χ2v) is 19.1. The maximum Gasteiger partial charge on any atom is 0.246 e. The number of aliphatic hydroxyl groups excluding tert-OH is 1. The number of hydrogen-bond donors (Lipinski definition) is 4. The molecule has 354 valence electrons. The van der Waals surface area contributed by atoms with Gasteiger partial charge in [-0.3, -0.25) is 24.5 Å². The number of carbonyl (C=O) groups is 3. The molecule has 3 aromatic carbocycles. The van der Waals surface area contributed by atoms with Gasteiger partial charge in [0.05, 0.1) is 63.6 Å². The molecule has 1 aliphatic heterocycles. The number of β-amino-alcohol motifs (C(OH)–C–C–N with tert-alkyl or cyclic N) is 1. The van der Waals surface area contributed by atoms with Gasteiger partial charge in [-0.15, -0.1) is 11.3 Å². The van der Waals surface area contributed by atoms with Crippen molar-refractivity contribution in [1.29, 1.82) is 0 Å². The average molecular weight is 973 g/mol. The highest BCUT2D eigenvalue weighted by molar-refractivity contribution is 7.13. The minimum atomic E-state index is -0.985. The smallest absolute Gasteiger partial charge is 0.246 e. The number of nitrogens with one attached hydrogen (secondary N) is 3. The number of aliphatic hydroxyl groups is 1. The molecule has 4 heterocycles. The first-order chi connectivity index (χ1) is 32.1. The summed E-state index contributed by atoms with van der Waals surface area (Å²) < 4.78 is 23.5. The normalized spacial score (nSPS) is 16.4. The number of hydrogen-bond acceptors (Lipinski definition) is 12. The highest BCUT2D eigenvalue weighted by Gasteiger charge is 2.44. The molecule has 0 radical (unpaired) electrons. The van der Waals surface area contributed by atoms with E-state index in [-0.39, 0.29) is 57.9 Å². The van der Waals surface area contributed by atoms with Crippen LogP contribution in [-0.2, 0) is 23.9 Å². The van der Waals surface area contributed by atoms with Crippen LogP contribution in [0.1, 0.15) is 70.0 Å². The molecule has 1 aliphatic rings. The van der Waals surface area contributed by atoms with Crippen LogP contribution >= 0.6 is 34.5 Å². The largest absolute Gasteiger partial charge is 0.491 e. The molecule has 3 amide bonds. The van der Waals surface area contributed by atoms with Crippen molar-refractivity contribution in [2.24, 2.45) is 5.41 Å². The van der Waals surface area contributed by atoms with Gasteiger partial charge in [0, 0.05) is 41.9 Å². The lowest BCUT2D eigenvalue weighted by molar-refractivity contribution is -0.144. The standard InChI is InChI=1S/C49H55Cl2N7O8S/c1-28(31-10-12-32(13-11-31)45-29(2)53-27-67-45)54-47(61)41-21-34(59)25-58(41)48(62)46(49(4,5)6)55-42(60)26-64-17-16-63-18-19-65-35-9-7-8-33(20-35)44-37-22-36(14-15-40(37)56-57-44)66-30(3)43-38(50)23-52-24-39(43)51/h7-15,20,22-24,27-28,30,34,41,46,59H,16-19,21,25-26H2,1-6H3,(H,54,61)(H,55,60)(H,56,57)/t28-,30+,34+,41-,46+/m0/s1. The number of carbonyl (C=O) groups excluding carboxylic acids is 3. The summed E-state index contributed by atoms with van der Waals surface area (Å²) in [6, 6.07) is 18.9. The summed E-state index contributed by atoms with van der Waals surface area (Å²) in [5, 5.41) is 25.8. The lowest BCUT2D eigenvalue weighted by Gasteiger charge is -2.35. The Morgan fingerprint density at radius 2 is 1.66 bits per heavy atom. The van der Waals surface area contributed by atoms with Gasteiger partial charge >= 0.3 is 0 Å². The Balaban J connectivity index is 0.841. The van der Waals surface area contributed by atoms with Crippen LogP contribution in [-0.4, -0.2) is 106 Å². The van der Waals surface area contributed by atoms with Gasteiger partial charge in [-0.25, -0.2) is 4.98 Å². The molecule has 18 heteroatoms. The fraction of sp³-hybridized carbons (Fsp3) is 0.388. The summed E-state index contributed by atoms with van der Waals surface area (Å²) in [4.78, 5) is 51.6. The molecule has 0 spiro atoms. The number of fused-ring (bicyclic) bond motifs is 1. The zero-order valence-corrected chi connectivity index (χ0v) is 40.5. The second-order valence-electron chi connectivity index (χ2n) is 17.5. The van der Waals surface area contributed by atoms with E-state index in [0.29, 0.717) is 27.1 Å². The van der Waals surface area contributed by atoms with Crippen LogP contribution in [0.5, 0.6) is 11.5 Å². The fourth-order valence-corrected chi connectivity index (χ4v) is 9.40. The monoisotopic (exact) mass is 971 g/mol. The van der Waals surface area contributed by atoms with Crippen molar-refractivity contribution < 1.29 is 38.4 Å². The molecule has 0 bridgehead atoms. The number of ether oxygens (including phenoxy) is 4. The molecule has 3 aromatic heterocycles. The van der Waals surface area contributed by atoms with Gasteiger partial charge in [0.15, 0.2) is 0 Å². The number of likely N-dealkylation sites (tertiary alicyclic amines) is 1. The van der Waals surface area contributed by atoms with E-state index in [1.54, 1.807) is 11.3 Å². The Morgan fingerprint density at radius 3 is 2.37 bits per heavy atom. The van der Waals surface area contributed by atoms with E-state index in [2.05, 4.69) is 30.8 Å². The summed E-state index contributed by atoms with van der Waals surface area (Å²) in [7, 11) is 0. The molecule has 0 saturated carbocycles. The first-order valence-corrected chi connectivity index (χ1v) is 23.6. The van der Waals surface area contributed by atoms with Crippen molar-refractivity contribution in [3.63, 3.8) is 0 Å².